The first-order valence-electron chi connectivity index (χ1n) is 7.78. The van der Waals surface area contributed by atoms with E-state index in [2.05, 4.69) is 0 Å². The Morgan fingerprint density at radius 3 is 2.67 bits per heavy atom. The van der Waals surface area contributed by atoms with Crippen LogP contribution < -0.4 is 10.5 Å². The van der Waals surface area contributed by atoms with Crippen molar-refractivity contribution in [2.45, 2.75) is 45.3 Å². The van der Waals surface area contributed by atoms with E-state index in [0.29, 0.717) is 21.9 Å². The highest BCUT2D eigenvalue weighted by atomic mass is 35.5. The van der Waals surface area contributed by atoms with E-state index < -0.39 is 11.7 Å². The first-order valence-corrected chi connectivity index (χ1v) is 8.16. The molecule has 2 N–H and O–H groups in total. The van der Waals surface area contributed by atoms with Crippen LogP contribution in [0.1, 0.15) is 32.6 Å². The van der Waals surface area contributed by atoms with Crippen molar-refractivity contribution in [2.24, 2.45) is 0 Å². The van der Waals surface area contributed by atoms with Gasteiger partial charge in [0.2, 0.25) is 0 Å². The minimum Gasteiger partial charge on any atom is -0.489 e. The van der Waals surface area contributed by atoms with Gasteiger partial charge in [0.1, 0.15) is 5.75 Å². The zero-order valence-electron chi connectivity index (χ0n) is 13.3. The molecule has 0 radical (unpaired) electrons. The number of hydrogen-bond acceptors (Lipinski definition) is 5. The fourth-order valence-electron chi connectivity index (χ4n) is 2.24. The van der Waals surface area contributed by atoms with Crippen molar-refractivity contribution in [1.29, 1.82) is 0 Å². The number of nitrogens with zero attached hydrogens (tertiary/aromatic N) is 1. The zero-order chi connectivity index (χ0) is 17.7. The fraction of sp³-hybridized carbons (Fsp3) is 0.500. The largest absolute Gasteiger partial charge is 0.489 e. The number of fused-ring (bicyclic) bond motifs is 1. The first kappa shape index (κ1) is 18.4. The van der Waals surface area contributed by atoms with E-state index in [4.69, 9.17) is 31.0 Å². The van der Waals surface area contributed by atoms with Gasteiger partial charge in [0.05, 0.1) is 23.1 Å². The molecule has 0 amide bonds. The summed E-state index contributed by atoms with van der Waals surface area (Å²) in [6.07, 6.45) is 3.15. The summed E-state index contributed by atoms with van der Waals surface area (Å²) in [7, 11) is 0. The van der Waals surface area contributed by atoms with Gasteiger partial charge in [-0.05, 0) is 32.3 Å². The lowest BCUT2D eigenvalue weighted by Crippen LogP contribution is -2.24. The van der Waals surface area contributed by atoms with Gasteiger partial charge in [-0.3, -0.25) is 9.36 Å². The molecule has 1 aromatic carbocycles. The van der Waals surface area contributed by atoms with Crippen molar-refractivity contribution in [2.75, 3.05) is 6.61 Å². The fourth-order valence-corrected chi connectivity index (χ4v) is 2.44. The summed E-state index contributed by atoms with van der Waals surface area (Å²) in [6.45, 7) is 1.97. The molecule has 0 bridgehead atoms. The van der Waals surface area contributed by atoms with Gasteiger partial charge in [0, 0.05) is 19.2 Å². The number of ether oxygens (including phenoxy) is 1. The topological polar surface area (TPSA) is 102 Å². The van der Waals surface area contributed by atoms with Gasteiger partial charge in [0.25, 0.3) is 0 Å². The van der Waals surface area contributed by atoms with Gasteiger partial charge < -0.3 is 19.4 Å². The summed E-state index contributed by atoms with van der Waals surface area (Å²) in [5.74, 6) is -1.08. The van der Waals surface area contributed by atoms with Gasteiger partial charge >= 0.3 is 11.7 Å². The number of oxazole rings is 1. The maximum Gasteiger partial charge on any atom is 0.419 e. The van der Waals surface area contributed by atoms with Crippen molar-refractivity contribution in [3.8, 4) is 5.75 Å². The van der Waals surface area contributed by atoms with Gasteiger partial charge in [-0.25, -0.2) is 4.79 Å². The normalized spacial score (nSPS) is 14.0. The van der Waals surface area contributed by atoms with Gasteiger partial charge in [-0.15, -0.1) is 0 Å². The summed E-state index contributed by atoms with van der Waals surface area (Å²) >= 11 is 6.17. The number of carboxylic acid groups (broad SMARTS) is 1. The molecule has 2 aromatic rings. The van der Waals surface area contributed by atoms with Crippen molar-refractivity contribution in [3.05, 3.63) is 27.7 Å². The van der Waals surface area contributed by atoms with E-state index in [1.54, 1.807) is 19.1 Å². The second kappa shape index (κ2) is 8.21. The molecular weight excluding hydrogens is 338 g/mol. The molecule has 7 nitrogen and oxygen atoms in total. The average Bonchev–Trinajstić information content (AvgIpc) is 2.76. The zero-order valence-corrected chi connectivity index (χ0v) is 14.1. The number of aryl methyl sites for hydroxylation is 1. The van der Waals surface area contributed by atoms with E-state index in [-0.39, 0.29) is 25.7 Å². The Bertz CT molecular complexity index is 762. The minimum atomic E-state index is -0.979. The third-order valence-corrected chi connectivity index (χ3v) is 3.91. The highest BCUT2D eigenvalue weighted by Crippen LogP contribution is 2.33. The molecule has 1 aliphatic rings. The monoisotopic (exact) mass is 357 g/mol. The first-order chi connectivity index (χ1) is 11.5. The summed E-state index contributed by atoms with van der Waals surface area (Å²) < 4.78 is 12.1. The Morgan fingerprint density at radius 1 is 1.46 bits per heavy atom. The van der Waals surface area contributed by atoms with Crippen LogP contribution in [0.4, 0.5) is 0 Å². The van der Waals surface area contributed by atoms with Gasteiger partial charge in [-0.2, -0.15) is 0 Å². The van der Waals surface area contributed by atoms with E-state index >= 15 is 0 Å². The molecule has 0 atom stereocenters. The van der Waals surface area contributed by atoms with Crippen LogP contribution >= 0.6 is 11.6 Å². The summed E-state index contributed by atoms with van der Waals surface area (Å²) in [5, 5.41) is 16.7. The van der Waals surface area contributed by atoms with Crippen molar-refractivity contribution >= 4 is 28.7 Å². The molecule has 1 saturated carbocycles. The Balaban J connectivity index is 0.000000647. The van der Waals surface area contributed by atoms with Crippen LogP contribution in [0.25, 0.3) is 11.1 Å². The number of carbonyl (C=O) groups is 1. The molecule has 24 heavy (non-hydrogen) atoms. The third kappa shape index (κ3) is 4.30. The van der Waals surface area contributed by atoms with Crippen LogP contribution in [0.2, 0.25) is 5.02 Å². The molecule has 1 aliphatic carbocycles. The lowest BCUT2D eigenvalue weighted by atomic mass is 9.96. The van der Waals surface area contributed by atoms with Crippen molar-refractivity contribution in [1.82, 2.24) is 4.57 Å². The van der Waals surface area contributed by atoms with E-state index in [1.807, 2.05) is 0 Å². The molecule has 0 aliphatic heterocycles. The summed E-state index contributed by atoms with van der Waals surface area (Å²) in [5.41, 5.74) is 0.830. The molecule has 0 spiro atoms. The Hall–Kier alpha value is -1.99. The number of carboxylic acids is 1. The Kier molecular flexibility index (Phi) is 6.28. The molecular formula is C16H20ClNO6. The van der Waals surface area contributed by atoms with Crippen LogP contribution in [-0.2, 0) is 11.3 Å². The smallest absolute Gasteiger partial charge is 0.419 e. The maximum atomic E-state index is 11.8. The predicted molar refractivity (Wildman–Crippen MR) is 88.8 cm³/mol. The highest BCUT2D eigenvalue weighted by molar-refractivity contribution is 6.32. The molecule has 0 unspecified atom stereocenters. The molecule has 3 rings (SSSR count). The number of aliphatic hydroxyl groups excluding tert-OH is 1. The quantitative estimate of drug-likeness (QED) is 0.852. The average molecular weight is 358 g/mol. The van der Waals surface area contributed by atoms with Gasteiger partial charge in [0.15, 0.2) is 5.58 Å². The van der Waals surface area contributed by atoms with Gasteiger partial charge in [-0.1, -0.05) is 11.6 Å². The number of rotatable bonds is 5. The van der Waals surface area contributed by atoms with Crippen LogP contribution in [0.3, 0.4) is 0 Å². The molecule has 0 saturated heterocycles. The summed E-state index contributed by atoms with van der Waals surface area (Å²) in [6, 6.07) is 3.17. The Morgan fingerprint density at radius 2 is 2.12 bits per heavy atom. The third-order valence-electron chi connectivity index (χ3n) is 3.62. The van der Waals surface area contributed by atoms with E-state index in [9.17, 15) is 9.59 Å². The number of hydrogen-bond donors (Lipinski definition) is 2. The van der Waals surface area contributed by atoms with Crippen LogP contribution in [0.15, 0.2) is 21.3 Å². The number of benzene rings is 1. The van der Waals surface area contributed by atoms with Crippen molar-refractivity contribution in [3.63, 3.8) is 0 Å². The second-order valence-electron chi connectivity index (χ2n) is 5.40. The molecule has 132 valence electrons. The van der Waals surface area contributed by atoms with E-state index in [0.717, 1.165) is 19.3 Å². The highest BCUT2D eigenvalue weighted by Gasteiger charge is 2.21. The molecule has 1 aromatic heterocycles. The summed E-state index contributed by atoms with van der Waals surface area (Å²) in [4.78, 5) is 22.4. The second-order valence-corrected chi connectivity index (χ2v) is 5.81. The molecule has 1 fully saturated rings. The number of aliphatic hydroxyl groups is 1. The lowest BCUT2D eigenvalue weighted by Gasteiger charge is -2.26. The standard InChI is InChI=1S/C14H14ClNO5.C2H6O/c15-9-6-10-12(7-11(9)20-8-2-1-3-8)21-14(19)16(10)5-4-13(17)18;1-2-3/h6-8H,1-5H2,(H,17,18);3H,2H2,1H3. The molecule has 8 heteroatoms. The van der Waals surface area contributed by atoms with Crippen LogP contribution in [-0.4, -0.2) is 33.5 Å². The number of aliphatic carboxylic acids is 1. The maximum absolute atomic E-state index is 11.8. The van der Waals surface area contributed by atoms with Crippen LogP contribution in [0.5, 0.6) is 5.75 Å². The van der Waals surface area contributed by atoms with Crippen LogP contribution in [0, 0.1) is 0 Å². The lowest BCUT2D eigenvalue weighted by molar-refractivity contribution is -0.137. The van der Waals surface area contributed by atoms with E-state index in [1.165, 1.54) is 4.57 Å². The Labute approximate surface area is 143 Å². The molecule has 1 heterocycles. The predicted octanol–water partition coefficient (Wildman–Crippen LogP) is 2.65. The number of halogens is 1. The van der Waals surface area contributed by atoms with Crippen molar-refractivity contribution < 1.29 is 24.2 Å². The minimum absolute atomic E-state index is 0.0420. The number of aromatic nitrogens is 1. The SMILES string of the molecule is CCO.O=C(O)CCn1c(=O)oc2cc(OC3CCC3)c(Cl)cc21.